The number of hydrogen-bond acceptors (Lipinski definition) is 3. The second-order valence-electron chi connectivity index (χ2n) is 3.82. The zero-order valence-electron chi connectivity index (χ0n) is 7.29. The Balaban J connectivity index is 1.97. The molecule has 2 aliphatic rings. The normalized spacial score (nSPS) is 43.2. The van der Waals surface area contributed by atoms with Crippen molar-refractivity contribution in [2.45, 2.75) is 24.9 Å². The lowest BCUT2D eigenvalue weighted by Crippen LogP contribution is -2.45. The molecule has 1 N–H and O–H groups in total. The highest BCUT2D eigenvalue weighted by Crippen LogP contribution is 2.32. The van der Waals surface area contributed by atoms with Gasteiger partial charge in [0.1, 0.15) is 0 Å². The molecule has 0 aromatic carbocycles. The van der Waals surface area contributed by atoms with E-state index >= 15 is 0 Å². The molecule has 2 atom stereocenters. The topological polar surface area (TPSA) is 38.7 Å². The lowest BCUT2D eigenvalue weighted by molar-refractivity contribution is -0.119. The van der Waals surface area contributed by atoms with Crippen molar-refractivity contribution in [1.29, 1.82) is 0 Å². The molecule has 12 heavy (non-hydrogen) atoms. The highest BCUT2D eigenvalue weighted by molar-refractivity contribution is 4.90. The molecule has 0 spiro atoms. The van der Waals surface area contributed by atoms with Crippen molar-refractivity contribution < 1.29 is 14.6 Å². The van der Waals surface area contributed by atoms with Gasteiger partial charge >= 0.3 is 0 Å². The van der Waals surface area contributed by atoms with Crippen molar-refractivity contribution in [3.05, 3.63) is 0 Å². The van der Waals surface area contributed by atoms with E-state index in [1.165, 1.54) is 0 Å². The van der Waals surface area contributed by atoms with Crippen molar-refractivity contribution in [2.24, 2.45) is 5.92 Å². The van der Waals surface area contributed by atoms with E-state index in [0.29, 0.717) is 19.1 Å². The molecule has 0 aromatic rings. The SMILES string of the molecule is OC1(C2CCOC2)CCCOC1. The Kier molecular flexibility index (Phi) is 2.35. The summed E-state index contributed by atoms with van der Waals surface area (Å²) < 4.78 is 10.6. The van der Waals surface area contributed by atoms with Crippen LogP contribution in [-0.4, -0.2) is 37.1 Å². The lowest BCUT2D eigenvalue weighted by atomic mass is 9.82. The molecule has 2 rings (SSSR count). The van der Waals surface area contributed by atoms with Gasteiger partial charge in [-0.3, -0.25) is 0 Å². The summed E-state index contributed by atoms with van der Waals surface area (Å²) in [6, 6.07) is 0. The average molecular weight is 172 g/mol. The maximum atomic E-state index is 10.2. The smallest absolute Gasteiger partial charge is 0.0931 e. The molecule has 0 aliphatic carbocycles. The summed E-state index contributed by atoms with van der Waals surface area (Å²) in [5, 5.41) is 10.2. The molecule has 2 unspecified atom stereocenters. The summed E-state index contributed by atoms with van der Waals surface area (Å²) >= 11 is 0. The Morgan fingerprint density at radius 2 is 2.17 bits per heavy atom. The average Bonchev–Trinajstić information content (AvgIpc) is 2.58. The van der Waals surface area contributed by atoms with E-state index in [1.807, 2.05) is 0 Å². The molecular weight excluding hydrogens is 156 g/mol. The molecule has 70 valence electrons. The van der Waals surface area contributed by atoms with Crippen LogP contribution in [-0.2, 0) is 9.47 Å². The summed E-state index contributed by atoms with van der Waals surface area (Å²) in [4.78, 5) is 0. The predicted molar refractivity (Wildman–Crippen MR) is 43.9 cm³/mol. The summed E-state index contributed by atoms with van der Waals surface area (Å²) in [5.74, 6) is 0.304. The Morgan fingerprint density at radius 1 is 1.25 bits per heavy atom. The summed E-state index contributed by atoms with van der Waals surface area (Å²) in [5.41, 5.74) is -0.589. The first-order valence-electron chi connectivity index (χ1n) is 4.69. The molecule has 2 saturated heterocycles. The number of hydrogen-bond donors (Lipinski definition) is 1. The summed E-state index contributed by atoms with van der Waals surface area (Å²) in [7, 11) is 0. The molecule has 2 heterocycles. The Morgan fingerprint density at radius 3 is 2.75 bits per heavy atom. The Bertz CT molecular complexity index is 146. The molecule has 0 saturated carbocycles. The maximum Gasteiger partial charge on any atom is 0.0931 e. The van der Waals surface area contributed by atoms with Crippen molar-refractivity contribution in [3.63, 3.8) is 0 Å². The monoisotopic (exact) mass is 172 g/mol. The van der Waals surface area contributed by atoms with E-state index in [0.717, 1.165) is 32.5 Å². The van der Waals surface area contributed by atoms with Crippen LogP contribution in [0.2, 0.25) is 0 Å². The molecule has 2 aliphatic heterocycles. The van der Waals surface area contributed by atoms with Crippen LogP contribution in [0.15, 0.2) is 0 Å². The highest BCUT2D eigenvalue weighted by Gasteiger charge is 2.40. The minimum atomic E-state index is -0.589. The molecule has 0 bridgehead atoms. The van der Waals surface area contributed by atoms with Crippen LogP contribution in [0.1, 0.15) is 19.3 Å². The van der Waals surface area contributed by atoms with E-state index in [4.69, 9.17) is 9.47 Å². The van der Waals surface area contributed by atoms with Gasteiger partial charge in [-0.25, -0.2) is 0 Å². The standard InChI is InChI=1S/C9H16O3/c10-9(3-1-4-12-7-9)8-2-5-11-6-8/h8,10H,1-7H2. The zero-order chi connectivity index (χ0) is 8.44. The van der Waals surface area contributed by atoms with Crippen LogP contribution in [0.5, 0.6) is 0 Å². The Hall–Kier alpha value is -0.120. The third kappa shape index (κ3) is 1.49. The number of aliphatic hydroxyl groups is 1. The van der Waals surface area contributed by atoms with Gasteiger partial charge in [0.15, 0.2) is 0 Å². The van der Waals surface area contributed by atoms with Gasteiger partial charge in [0.25, 0.3) is 0 Å². The molecular formula is C9H16O3. The van der Waals surface area contributed by atoms with Gasteiger partial charge in [0.2, 0.25) is 0 Å². The van der Waals surface area contributed by atoms with Gasteiger partial charge in [0.05, 0.1) is 18.8 Å². The zero-order valence-corrected chi connectivity index (χ0v) is 7.29. The fourth-order valence-corrected chi connectivity index (χ4v) is 2.08. The molecule has 0 radical (unpaired) electrons. The van der Waals surface area contributed by atoms with Crippen molar-refractivity contribution in [2.75, 3.05) is 26.4 Å². The first-order valence-corrected chi connectivity index (χ1v) is 4.69. The maximum absolute atomic E-state index is 10.2. The van der Waals surface area contributed by atoms with E-state index in [9.17, 15) is 5.11 Å². The first-order chi connectivity index (χ1) is 5.81. The summed E-state index contributed by atoms with van der Waals surface area (Å²) in [6.45, 7) is 2.81. The minimum absolute atomic E-state index is 0.304. The molecule has 2 fully saturated rings. The van der Waals surface area contributed by atoms with E-state index < -0.39 is 5.60 Å². The van der Waals surface area contributed by atoms with Gasteiger partial charge < -0.3 is 14.6 Å². The van der Waals surface area contributed by atoms with Gasteiger partial charge in [-0.05, 0) is 19.3 Å². The van der Waals surface area contributed by atoms with Crippen LogP contribution < -0.4 is 0 Å². The van der Waals surface area contributed by atoms with E-state index in [1.54, 1.807) is 0 Å². The molecule has 0 aromatic heterocycles. The van der Waals surface area contributed by atoms with Crippen molar-refractivity contribution in [3.8, 4) is 0 Å². The van der Waals surface area contributed by atoms with Gasteiger partial charge in [-0.1, -0.05) is 0 Å². The van der Waals surface area contributed by atoms with Gasteiger partial charge in [0, 0.05) is 19.1 Å². The van der Waals surface area contributed by atoms with E-state index in [-0.39, 0.29) is 0 Å². The van der Waals surface area contributed by atoms with E-state index in [2.05, 4.69) is 0 Å². The van der Waals surface area contributed by atoms with Gasteiger partial charge in [-0.2, -0.15) is 0 Å². The fourth-order valence-electron chi connectivity index (χ4n) is 2.08. The lowest BCUT2D eigenvalue weighted by Gasteiger charge is -2.36. The second kappa shape index (κ2) is 3.32. The molecule has 3 nitrogen and oxygen atoms in total. The fraction of sp³-hybridized carbons (Fsp3) is 1.00. The molecule has 3 heteroatoms. The second-order valence-corrected chi connectivity index (χ2v) is 3.82. The van der Waals surface area contributed by atoms with Crippen LogP contribution in [0, 0.1) is 5.92 Å². The van der Waals surface area contributed by atoms with Crippen LogP contribution in [0.3, 0.4) is 0 Å². The number of ether oxygens (including phenoxy) is 2. The minimum Gasteiger partial charge on any atom is -0.387 e. The van der Waals surface area contributed by atoms with Crippen molar-refractivity contribution in [1.82, 2.24) is 0 Å². The van der Waals surface area contributed by atoms with Crippen molar-refractivity contribution >= 4 is 0 Å². The molecule has 0 amide bonds. The third-order valence-electron chi connectivity index (χ3n) is 2.94. The number of rotatable bonds is 1. The quantitative estimate of drug-likeness (QED) is 0.628. The highest BCUT2D eigenvalue weighted by atomic mass is 16.5. The largest absolute Gasteiger partial charge is 0.387 e. The Labute approximate surface area is 72.7 Å². The van der Waals surface area contributed by atoms with Gasteiger partial charge in [-0.15, -0.1) is 0 Å². The predicted octanol–water partition coefficient (Wildman–Crippen LogP) is 0.564. The van der Waals surface area contributed by atoms with Crippen LogP contribution in [0.25, 0.3) is 0 Å². The third-order valence-corrected chi connectivity index (χ3v) is 2.94. The summed E-state index contributed by atoms with van der Waals surface area (Å²) in [6.07, 6.45) is 2.84. The first kappa shape index (κ1) is 8.48. The van der Waals surface area contributed by atoms with Crippen LogP contribution >= 0.6 is 0 Å². The van der Waals surface area contributed by atoms with Crippen LogP contribution in [0.4, 0.5) is 0 Å².